The third-order valence-electron chi connectivity index (χ3n) is 14.9. The SMILES string of the molecule is CCCCCCCC/C=C\CCCCCCCCCCCC(=O)OC(COC(=O)CCCCCCCCC)COC(=O)CCCCCCCCCCCCCCCCCCC/C=C\CCCCCCCCCC. The fraction of sp³-hybridized carbons (Fsp3) is 0.896. The molecule has 0 heterocycles. The topological polar surface area (TPSA) is 78.9 Å². The van der Waals surface area contributed by atoms with Crippen LogP contribution in [0.1, 0.15) is 367 Å². The molecule has 0 fully saturated rings. The van der Waals surface area contributed by atoms with Gasteiger partial charge in [0.05, 0.1) is 0 Å². The number of rotatable bonds is 61. The van der Waals surface area contributed by atoms with Crippen LogP contribution in [0, 0.1) is 0 Å². The highest BCUT2D eigenvalue weighted by Gasteiger charge is 2.19. The Hall–Kier alpha value is -2.11. The maximum atomic E-state index is 12.8. The molecule has 0 bridgehead atoms. The molecule has 6 heteroatoms. The Balaban J connectivity index is 4.02. The maximum Gasteiger partial charge on any atom is 0.306 e. The molecule has 0 aromatic carbocycles. The average Bonchev–Trinajstić information content (AvgIpc) is 3.39. The minimum atomic E-state index is -0.767. The van der Waals surface area contributed by atoms with Gasteiger partial charge in [-0.2, -0.15) is 0 Å². The Labute approximate surface area is 455 Å². The number of carbonyl (C=O) groups is 3. The molecule has 1 atom stereocenters. The molecule has 0 aliphatic rings. The maximum absolute atomic E-state index is 12.8. The van der Waals surface area contributed by atoms with Crippen LogP contribution in [0.2, 0.25) is 0 Å². The van der Waals surface area contributed by atoms with E-state index in [1.54, 1.807) is 0 Å². The summed E-state index contributed by atoms with van der Waals surface area (Å²) < 4.78 is 16.9. The number of hydrogen-bond acceptors (Lipinski definition) is 6. The summed E-state index contributed by atoms with van der Waals surface area (Å²) in [5, 5.41) is 0. The van der Waals surface area contributed by atoms with Gasteiger partial charge in [0.15, 0.2) is 6.10 Å². The van der Waals surface area contributed by atoms with Crippen molar-refractivity contribution >= 4 is 17.9 Å². The van der Waals surface area contributed by atoms with Crippen molar-refractivity contribution in [1.29, 1.82) is 0 Å². The summed E-state index contributed by atoms with van der Waals surface area (Å²) in [6, 6.07) is 0. The van der Waals surface area contributed by atoms with E-state index in [1.807, 2.05) is 0 Å². The van der Waals surface area contributed by atoms with Gasteiger partial charge in [0.25, 0.3) is 0 Å². The van der Waals surface area contributed by atoms with Gasteiger partial charge in [-0.05, 0) is 70.6 Å². The third-order valence-corrected chi connectivity index (χ3v) is 14.9. The van der Waals surface area contributed by atoms with Crippen molar-refractivity contribution in [3.63, 3.8) is 0 Å². The monoisotopic (exact) mass is 1030 g/mol. The van der Waals surface area contributed by atoms with E-state index in [-0.39, 0.29) is 31.1 Å². The molecule has 0 N–H and O–H groups in total. The minimum Gasteiger partial charge on any atom is -0.462 e. The van der Waals surface area contributed by atoms with Gasteiger partial charge in [0.1, 0.15) is 13.2 Å². The van der Waals surface area contributed by atoms with Crippen molar-refractivity contribution < 1.29 is 28.6 Å². The van der Waals surface area contributed by atoms with E-state index in [9.17, 15) is 14.4 Å². The quantitative estimate of drug-likeness (QED) is 0.0261. The van der Waals surface area contributed by atoms with Crippen LogP contribution in [0.25, 0.3) is 0 Å². The summed E-state index contributed by atoms with van der Waals surface area (Å²) in [4.78, 5) is 38.1. The molecule has 0 spiro atoms. The first-order valence-electron chi connectivity index (χ1n) is 32.8. The van der Waals surface area contributed by atoms with E-state index < -0.39 is 6.10 Å². The number of ether oxygens (including phenoxy) is 3. The van der Waals surface area contributed by atoms with Gasteiger partial charge in [0.2, 0.25) is 0 Å². The molecular weight excluding hydrogens is 901 g/mol. The molecule has 73 heavy (non-hydrogen) atoms. The molecule has 0 saturated carbocycles. The highest BCUT2D eigenvalue weighted by atomic mass is 16.6. The van der Waals surface area contributed by atoms with Crippen molar-refractivity contribution in [2.24, 2.45) is 0 Å². The molecule has 6 nitrogen and oxygen atoms in total. The van der Waals surface area contributed by atoms with E-state index in [0.29, 0.717) is 19.3 Å². The molecule has 1 unspecified atom stereocenters. The van der Waals surface area contributed by atoms with E-state index in [4.69, 9.17) is 14.2 Å². The van der Waals surface area contributed by atoms with Crippen molar-refractivity contribution in [1.82, 2.24) is 0 Å². The molecule has 0 aromatic heterocycles. The Morgan fingerprint density at radius 3 is 0.685 bits per heavy atom. The summed E-state index contributed by atoms with van der Waals surface area (Å²) in [5.41, 5.74) is 0. The van der Waals surface area contributed by atoms with Crippen LogP contribution in [0.4, 0.5) is 0 Å². The first kappa shape index (κ1) is 70.9. The lowest BCUT2D eigenvalue weighted by molar-refractivity contribution is -0.167. The zero-order valence-corrected chi connectivity index (χ0v) is 49.4. The molecule has 0 aliphatic carbocycles. The molecule has 0 aliphatic heterocycles. The van der Waals surface area contributed by atoms with Crippen molar-refractivity contribution in [2.75, 3.05) is 13.2 Å². The lowest BCUT2D eigenvalue weighted by atomic mass is 10.0. The number of hydrogen-bond donors (Lipinski definition) is 0. The first-order chi connectivity index (χ1) is 36.0. The smallest absolute Gasteiger partial charge is 0.306 e. The molecule has 0 saturated heterocycles. The largest absolute Gasteiger partial charge is 0.462 e. The molecule has 0 amide bonds. The van der Waals surface area contributed by atoms with Crippen LogP contribution in [-0.2, 0) is 28.6 Å². The normalized spacial score (nSPS) is 12.1. The highest BCUT2D eigenvalue weighted by Crippen LogP contribution is 2.18. The Bertz CT molecular complexity index is 1180. The van der Waals surface area contributed by atoms with Gasteiger partial charge in [-0.25, -0.2) is 0 Å². The van der Waals surface area contributed by atoms with Gasteiger partial charge in [-0.1, -0.05) is 302 Å². The van der Waals surface area contributed by atoms with Gasteiger partial charge in [-0.15, -0.1) is 0 Å². The predicted molar refractivity (Wildman–Crippen MR) is 316 cm³/mol. The zero-order chi connectivity index (χ0) is 52.9. The number of carbonyl (C=O) groups excluding carboxylic acids is 3. The van der Waals surface area contributed by atoms with E-state index >= 15 is 0 Å². The van der Waals surface area contributed by atoms with Gasteiger partial charge in [-0.3, -0.25) is 14.4 Å². The lowest BCUT2D eigenvalue weighted by Crippen LogP contribution is -2.30. The predicted octanol–water partition coefficient (Wildman–Crippen LogP) is 22.2. The Morgan fingerprint density at radius 2 is 0.452 bits per heavy atom. The highest BCUT2D eigenvalue weighted by molar-refractivity contribution is 5.71. The van der Waals surface area contributed by atoms with Crippen molar-refractivity contribution in [3.05, 3.63) is 24.3 Å². The van der Waals surface area contributed by atoms with Crippen molar-refractivity contribution in [3.8, 4) is 0 Å². The van der Waals surface area contributed by atoms with E-state index in [0.717, 1.165) is 57.8 Å². The standard InChI is InChI=1S/C67H126O6/c1-4-7-10-13-16-18-20-22-24-26-28-29-30-31-32-33-34-35-36-37-39-40-42-44-46-48-51-54-57-60-66(69)72-63-64(62-71-65(68)59-56-53-50-15-12-9-6-3)73-67(70)61-58-55-52-49-47-45-43-41-38-27-25-23-21-19-17-14-11-8-5-2/h23,25-26,28,64H,4-22,24,27,29-63H2,1-3H3/b25-23-,28-26-. The second kappa shape index (κ2) is 62.4. The number of allylic oxidation sites excluding steroid dienone is 4. The van der Waals surface area contributed by atoms with Crippen LogP contribution in [0.15, 0.2) is 24.3 Å². The van der Waals surface area contributed by atoms with Gasteiger partial charge < -0.3 is 14.2 Å². The average molecular weight is 1030 g/mol. The molecule has 0 aromatic rings. The van der Waals surface area contributed by atoms with E-state index in [2.05, 4.69) is 45.1 Å². The summed E-state index contributed by atoms with van der Waals surface area (Å²) >= 11 is 0. The van der Waals surface area contributed by atoms with Crippen LogP contribution in [-0.4, -0.2) is 37.2 Å². The molecule has 0 rings (SSSR count). The summed E-state index contributed by atoms with van der Waals surface area (Å²) in [6.07, 6.45) is 75.1. The second-order valence-corrected chi connectivity index (χ2v) is 22.4. The molecular formula is C67H126O6. The number of unbranched alkanes of at least 4 members (excludes halogenated alkanes) is 46. The summed E-state index contributed by atoms with van der Waals surface area (Å²) in [7, 11) is 0. The summed E-state index contributed by atoms with van der Waals surface area (Å²) in [6.45, 7) is 6.65. The summed E-state index contributed by atoms with van der Waals surface area (Å²) in [5.74, 6) is -0.852. The number of esters is 3. The second-order valence-electron chi connectivity index (χ2n) is 22.4. The third kappa shape index (κ3) is 60.6. The Morgan fingerprint density at radius 1 is 0.260 bits per heavy atom. The van der Waals surface area contributed by atoms with Gasteiger partial charge >= 0.3 is 17.9 Å². The van der Waals surface area contributed by atoms with Crippen LogP contribution >= 0.6 is 0 Å². The van der Waals surface area contributed by atoms with Crippen LogP contribution in [0.3, 0.4) is 0 Å². The van der Waals surface area contributed by atoms with Crippen LogP contribution < -0.4 is 0 Å². The molecule has 430 valence electrons. The van der Waals surface area contributed by atoms with E-state index in [1.165, 1.54) is 270 Å². The Kier molecular flexibility index (Phi) is 60.6. The van der Waals surface area contributed by atoms with Crippen molar-refractivity contribution in [2.45, 2.75) is 374 Å². The van der Waals surface area contributed by atoms with Crippen LogP contribution in [0.5, 0.6) is 0 Å². The fourth-order valence-corrected chi connectivity index (χ4v) is 9.97. The minimum absolute atomic E-state index is 0.0670. The lowest BCUT2D eigenvalue weighted by Gasteiger charge is -2.18. The zero-order valence-electron chi connectivity index (χ0n) is 49.4. The first-order valence-corrected chi connectivity index (χ1v) is 32.8. The van der Waals surface area contributed by atoms with Gasteiger partial charge in [0, 0.05) is 19.3 Å². The molecule has 0 radical (unpaired) electrons. The fourth-order valence-electron chi connectivity index (χ4n) is 9.97.